The van der Waals surface area contributed by atoms with Crippen LogP contribution in [0.25, 0.3) is 0 Å². The molecule has 0 aromatic heterocycles. The third-order valence-corrected chi connectivity index (χ3v) is 2.91. The Hall–Kier alpha value is -0.650. The lowest BCUT2D eigenvalue weighted by atomic mass is 10.2. The predicted molar refractivity (Wildman–Crippen MR) is 66.1 cm³/mol. The van der Waals surface area contributed by atoms with Gasteiger partial charge >= 0.3 is 5.97 Å². The van der Waals surface area contributed by atoms with E-state index in [2.05, 4.69) is 5.32 Å². The van der Waals surface area contributed by atoms with E-state index in [1.807, 2.05) is 18.9 Å². The van der Waals surface area contributed by atoms with Gasteiger partial charge in [0.2, 0.25) is 0 Å². The monoisotopic (exact) mass is 244 g/mol. The molecule has 5 heteroatoms. The van der Waals surface area contributed by atoms with Crippen molar-refractivity contribution in [3.63, 3.8) is 0 Å². The molecule has 0 amide bonds. The Morgan fingerprint density at radius 3 is 2.82 bits per heavy atom. The number of carboxylic acid groups (broad SMARTS) is 1. The van der Waals surface area contributed by atoms with Gasteiger partial charge in [0.15, 0.2) is 0 Å². The fraction of sp³-hybridized carbons (Fsp3) is 0.917. The third-order valence-electron chi connectivity index (χ3n) is 2.91. The van der Waals surface area contributed by atoms with Crippen LogP contribution in [0.4, 0.5) is 0 Å². The number of rotatable bonds is 10. The van der Waals surface area contributed by atoms with Crippen molar-refractivity contribution in [3.05, 3.63) is 0 Å². The maximum Gasteiger partial charge on any atom is 0.322 e. The zero-order valence-corrected chi connectivity index (χ0v) is 10.8. The van der Waals surface area contributed by atoms with Crippen molar-refractivity contribution in [2.75, 3.05) is 39.9 Å². The largest absolute Gasteiger partial charge is 0.480 e. The number of carbonyl (C=O) groups is 1. The molecule has 1 aliphatic rings. The van der Waals surface area contributed by atoms with Crippen molar-refractivity contribution >= 4 is 5.97 Å². The molecule has 5 nitrogen and oxygen atoms in total. The summed E-state index contributed by atoms with van der Waals surface area (Å²) in [6, 6.07) is -0.492. The van der Waals surface area contributed by atoms with Crippen molar-refractivity contribution in [1.29, 1.82) is 0 Å². The van der Waals surface area contributed by atoms with Crippen molar-refractivity contribution in [1.82, 2.24) is 10.2 Å². The molecule has 100 valence electrons. The van der Waals surface area contributed by atoms with E-state index in [-0.39, 0.29) is 0 Å². The zero-order valence-electron chi connectivity index (χ0n) is 10.8. The molecule has 0 radical (unpaired) electrons. The van der Waals surface area contributed by atoms with E-state index >= 15 is 0 Å². The number of nitrogens with zero attached hydrogens (tertiary/aromatic N) is 1. The van der Waals surface area contributed by atoms with E-state index in [0.717, 1.165) is 19.1 Å². The molecule has 1 atom stereocenters. The smallest absolute Gasteiger partial charge is 0.322 e. The SMILES string of the molecule is CCNC(CN(C)CCOCC1CC1)C(=O)O. The molecule has 0 saturated heterocycles. The van der Waals surface area contributed by atoms with Gasteiger partial charge in [0.25, 0.3) is 0 Å². The Morgan fingerprint density at radius 2 is 2.29 bits per heavy atom. The van der Waals surface area contributed by atoms with E-state index < -0.39 is 12.0 Å². The lowest BCUT2D eigenvalue weighted by molar-refractivity contribution is -0.139. The summed E-state index contributed by atoms with van der Waals surface area (Å²) in [6.07, 6.45) is 2.61. The highest BCUT2D eigenvalue weighted by atomic mass is 16.5. The maximum atomic E-state index is 10.9. The summed E-state index contributed by atoms with van der Waals surface area (Å²) < 4.78 is 5.52. The van der Waals surface area contributed by atoms with E-state index in [4.69, 9.17) is 9.84 Å². The summed E-state index contributed by atoms with van der Waals surface area (Å²) >= 11 is 0. The van der Waals surface area contributed by atoms with Crippen LogP contribution >= 0.6 is 0 Å². The van der Waals surface area contributed by atoms with Crippen molar-refractivity contribution in [3.8, 4) is 0 Å². The van der Waals surface area contributed by atoms with Gasteiger partial charge in [0.05, 0.1) is 6.61 Å². The first kappa shape index (κ1) is 14.4. The minimum atomic E-state index is -0.794. The van der Waals surface area contributed by atoms with E-state index in [1.165, 1.54) is 12.8 Å². The van der Waals surface area contributed by atoms with Gasteiger partial charge in [-0.15, -0.1) is 0 Å². The van der Waals surface area contributed by atoms with E-state index in [1.54, 1.807) is 0 Å². The quantitative estimate of drug-likeness (QED) is 0.545. The Labute approximate surface area is 103 Å². The molecule has 0 spiro atoms. The Kier molecular flexibility index (Phi) is 6.47. The number of hydrogen-bond donors (Lipinski definition) is 2. The van der Waals surface area contributed by atoms with Crippen molar-refractivity contribution in [2.45, 2.75) is 25.8 Å². The lowest BCUT2D eigenvalue weighted by Crippen LogP contribution is -2.45. The first-order valence-corrected chi connectivity index (χ1v) is 6.36. The lowest BCUT2D eigenvalue weighted by Gasteiger charge is -2.21. The molecule has 17 heavy (non-hydrogen) atoms. The fourth-order valence-corrected chi connectivity index (χ4v) is 1.63. The number of hydrogen-bond acceptors (Lipinski definition) is 4. The third kappa shape index (κ3) is 6.61. The molecule has 0 bridgehead atoms. The molecule has 0 heterocycles. The minimum absolute atomic E-state index is 0.492. The van der Waals surface area contributed by atoms with Crippen LogP contribution in [0, 0.1) is 5.92 Å². The topological polar surface area (TPSA) is 61.8 Å². The summed E-state index contributed by atoms with van der Waals surface area (Å²) in [6.45, 7) is 5.42. The minimum Gasteiger partial charge on any atom is -0.480 e. The van der Waals surface area contributed by atoms with E-state index in [0.29, 0.717) is 19.7 Å². The number of nitrogens with one attached hydrogen (secondary N) is 1. The number of likely N-dealkylation sites (N-methyl/N-ethyl adjacent to an activating group) is 2. The van der Waals surface area contributed by atoms with Gasteiger partial charge in [-0.1, -0.05) is 6.92 Å². The molecule has 1 fully saturated rings. The summed E-state index contributed by atoms with van der Waals surface area (Å²) in [5, 5.41) is 11.9. The van der Waals surface area contributed by atoms with Crippen LogP contribution in [0.2, 0.25) is 0 Å². The van der Waals surface area contributed by atoms with Gasteiger partial charge in [-0.05, 0) is 32.4 Å². The second kappa shape index (κ2) is 7.63. The molecule has 0 aromatic rings. The van der Waals surface area contributed by atoms with Crippen molar-refractivity contribution < 1.29 is 14.6 Å². The van der Waals surface area contributed by atoms with Gasteiger partial charge in [0.1, 0.15) is 6.04 Å². The molecule has 1 aliphatic carbocycles. The molecule has 1 saturated carbocycles. The molecule has 1 rings (SSSR count). The molecule has 1 unspecified atom stereocenters. The molecule has 0 aromatic carbocycles. The summed E-state index contributed by atoms with van der Waals surface area (Å²) in [5.74, 6) is -0.00793. The predicted octanol–water partition coefficient (Wildman–Crippen LogP) is 0.408. The summed E-state index contributed by atoms with van der Waals surface area (Å²) in [4.78, 5) is 12.9. The Bertz CT molecular complexity index is 232. The van der Waals surface area contributed by atoms with Gasteiger partial charge in [-0.2, -0.15) is 0 Å². The Balaban J connectivity index is 2.07. The number of ether oxygens (including phenoxy) is 1. The molecular formula is C12H24N2O3. The molecule has 2 N–H and O–H groups in total. The summed E-state index contributed by atoms with van der Waals surface area (Å²) in [5.41, 5.74) is 0. The average molecular weight is 244 g/mol. The maximum absolute atomic E-state index is 10.9. The van der Waals surface area contributed by atoms with Crippen LogP contribution in [0.15, 0.2) is 0 Å². The Morgan fingerprint density at radius 1 is 1.59 bits per heavy atom. The number of aliphatic carboxylic acids is 1. The highest BCUT2D eigenvalue weighted by Gasteiger charge is 2.21. The van der Waals surface area contributed by atoms with Crippen LogP contribution in [-0.2, 0) is 9.53 Å². The highest BCUT2D eigenvalue weighted by molar-refractivity contribution is 5.73. The first-order valence-electron chi connectivity index (χ1n) is 6.36. The standard InChI is InChI=1S/C12H24N2O3/c1-3-13-11(12(15)16)8-14(2)6-7-17-9-10-4-5-10/h10-11,13H,3-9H2,1-2H3,(H,15,16). The molecular weight excluding hydrogens is 220 g/mol. The van der Waals surface area contributed by atoms with Crippen LogP contribution in [-0.4, -0.2) is 61.9 Å². The molecule has 0 aliphatic heterocycles. The van der Waals surface area contributed by atoms with Gasteiger partial charge in [-0.25, -0.2) is 0 Å². The number of carboxylic acids is 1. The fourth-order valence-electron chi connectivity index (χ4n) is 1.63. The highest BCUT2D eigenvalue weighted by Crippen LogP contribution is 2.28. The van der Waals surface area contributed by atoms with Crippen LogP contribution in [0.5, 0.6) is 0 Å². The van der Waals surface area contributed by atoms with Crippen LogP contribution in [0.3, 0.4) is 0 Å². The normalized spacial score (nSPS) is 17.4. The van der Waals surface area contributed by atoms with Crippen molar-refractivity contribution in [2.24, 2.45) is 5.92 Å². The summed E-state index contributed by atoms with van der Waals surface area (Å²) in [7, 11) is 1.92. The first-order chi connectivity index (χ1) is 8.13. The van der Waals surface area contributed by atoms with Gasteiger partial charge in [0, 0.05) is 19.7 Å². The van der Waals surface area contributed by atoms with Gasteiger partial charge < -0.3 is 20.1 Å². The second-order valence-corrected chi connectivity index (χ2v) is 4.73. The van der Waals surface area contributed by atoms with Crippen LogP contribution < -0.4 is 5.32 Å². The van der Waals surface area contributed by atoms with E-state index in [9.17, 15) is 4.79 Å². The van der Waals surface area contributed by atoms with Gasteiger partial charge in [-0.3, -0.25) is 4.79 Å². The second-order valence-electron chi connectivity index (χ2n) is 4.73. The van der Waals surface area contributed by atoms with Crippen LogP contribution in [0.1, 0.15) is 19.8 Å². The zero-order chi connectivity index (χ0) is 12.7. The average Bonchev–Trinajstić information content (AvgIpc) is 3.07.